The highest BCUT2D eigenvalue weighted by molar-refractivity contribution is 6.01. The third-order valence-electron chi connectivity index (χ3n) is 2.13. The molecule has 0 saturated carbocycles. The number of hydrogen-bond donors (Lipinski definition) is 2. The molecule has 0 spiro atoms. The molecule has 0 radical (unpaired) electrons. The summed E-state index contributed by atoms with van der Waals surface area (Å²) in [7, 11) is 0. The maximum atomic E-state index is 7.29. The third-order valence-corrected chi connectivity index (χ3v) is 2.13. The molecule has 0 bridgehead atoms. The number of para-hydroxylation sites is 1. The third kappa shape index (κ3) is 1.07. The SMILES string of the molecule is C=Cc1[nH]c2ccccc2c1C=N. The number of H-pyrrole nitrogens is 1. The molecule has 1 aromatic carbocycles. The molecular weight excluding hydrogens is 160 g/mol. The van der Waals surface area contributed by atoms with Gasteiger partial charge in [-0.15, -0.1) is 0 Å². The number of benzene rings is 1. The van der Waals surface area contributed by atoms with E-state index in [0.717, 1.165) is 22.2 Å². The standard InChI is InChI=1S/C11H10N2/c1-2-10-9(7-12)8-5-3-4-6-11(8)13-10/h2-7,12-13H,1H2. The van der Waals surface area contributed by atoms with Gasteiger partial charge in [-0.3, -0.25) is 0 Å². The van der Waals surface area contributed by atoms with Crippen molar-refractivity contribution in [1.29, 1.82) is 5.41 Å². The number of fused-ring (bicyclic) bond motifs is 1. The molecule has 0 aliphatic rings. The summed E-state index contributed by atoms with van der Waals surface area (Å²) in [4.78, 5) is 3.20. The summed E-state index contributed by atoms with van der Waals surface area (Å²) in [6, 6.07) is 7.93. The Balaban J connectivity index is 2.88. The number of nitrogens with one attached hydrogen (secondary N) is 2. The van der Waals surface area contributed by atoms with E-state index < -0.39 is 0 Å². The first kappa shape index (κ1) is 7.80. The van der Waals surface area contributed by atoms with Gasteiger partial charge < -0.3 is 10.4 Å². The van der Waals surface area contributed by atoms with Crippen molar-refractivity contribution in [2.45, 2.75) is 0 Å². The Bertz CT molecular complexity index is 466. The largest absolute Gasteiger partial charge is 0.354 e. The van der Waals surface area contributed by atoms with Gasteiger partial charge in [0, 0.05) is 28.4 Å². The maximum Gasteiger partial charge on any atom is 0.0474 e. The molecule has 0 amide bonds. The van der Waals surface area contributed by atoms with Crippen molar-refractivity contribution >= 4 is 23.2 Å². The highest BCUT2D eigenvalue weighted by atomic mass is 14.7. The van der Waals surface area contributed by atoms with Gasteiger partial charge in [0.25, 0.3) is 0 Å². The summed E-state index contributed by atoms with van der Waals surface area (Å²) in [5.41, 5.74) is 2.87. The number of rotatable bonds is 2. The van der Waals surface area contributed by atoms with Crippen LogP contribution in [-0.2, 0) is 0 Å². The van der Waals surface area contributed by atoms with Crippen molar-refractivity contribution in [3.63, 3.8) is 0 Å². The fourth-order valence-electron chi connectivity index (χ4n) is 1.50. The Hall–Kier alpha value is -1.83. The topological polar surface area (TPSA) is 39.6 Å². The molecule has 2 rings (SSSR count). The van der Waals surface area contributed by atoms with Gasteiger partial charge in [0.2, 0.25) is 0 Å². The monoisotopic (exact) mass is 170 g/mol. The number of hydrogen-bond acceptors (Lipinski definition) is 1. The van der Waals surface area contributed by atoms with E-state index in [1.165, 1.54) is 6.21 Å². The van der Waals surface area contributed by atoms with E-state index in [4.69, 9.17) is 5.41 Å². The second kappa shape index (κ2) is 2.90. The molecule has 0 aliphatic carbocycles. The average molecular weight is 170 g/mol. The van der Waals surface area contributed by atoms with Gasteiger partial charge >= 0.3 is 0 Å². The minimum Gasteiger partial charge on any atom is -0.354 e. The fourth-order valence-corrected chi connectivity index (χ4v) is 1.50. The Morgan fingerprint density at radius 2 is 2.08 bits per heavy atom. The lowest BCUT2D eigenvalue weighted by Gasteiger charge is -1.89. The van der Waals surface area contributed by atoms with E-state index in [9.17, 15) is 0 Å². The predicted molar refractivity (Wildman–Crippen MR) is 56.3 cm³/mol. The van der Waals surface area contributed by atoms with E-state index in [0.29, 0.717) is 0 Å². The summed E-state index contributed by atoms with van der Waals surface area (Å²) in [6.45, 7) is 3.70. The second-order valence-corrected chi connectivity index (χ2v) is 2.85. The molecule has 1 aromatic heterocycles. The van der Waals surface area contributed by atoms with E-state index in [-0.39, 0.29) is 0 Å². The highest BCUT2D eigenvalue weighted by Gasteiger charge is 2.04. The van der Waals surface area contributed by atoms with Crippen molar-refractivity contribution in [2.75, 3.05) is 0 Å². The second-order valence-electron chi connectivity index (χ2n) is 2.85. The Labute approximate surface area is 76.4 Å². The normalized spacial score (nSPS) is 10.2. The van der Waals surface area contributed by atoms with Crippen LogP contribution in [0.4, 0.5) is 0 Å². The molecule has 64 valence electrons. The molecular formula is C11H10N2. The zero-order valence-electron chi connectivity index (χ0n) is 7.17. The van der Waals surface area contributed by atoms with Crippen molar-refractivity contribution in [3.8, 4) is 0 Å². The summed E-state index contributed by atoms with van der Waals surface area (Å²) >= 11 is 0. The van der Waals surface area contributed by atoms with Crippen LogP contribution in [0.15, 0.2) is 30.8 Å². The summed E-state index contributed by atoms with van der Waals surface area (Å²) in [5.74, 6) is 0. The smallest absolute Gasteiger partial charge is 0.0474 e. The fraction of sp³-hybridized carbons (Fsp3) is 0. The summed E-state index contributed by atoms with van der Waals surface area (Å²) < 4.78 is 0. The summed E-state index contributed by atoms with van der Waals surface area (Å²) in [6.07, 6.45) is 3.09. The molecule has 13 heavy (non-hydrogen) atoms. The van der Waals surface area contributed by atoms with E-state index in [1.54, 1.807) is 6.08 Å². The van der Waals surface area contributed by atoms with Gasteiger partial charge in [-0.2, -0.15) is 0 Å². The summed E-state index contributed by atoms with van der Waals surface area (Å²) in [5, 5.41) is 8.37. The van der Waals surface area contributed by atoms with Crippen LogP contribution in [0.25, 0.3) is 17.0 Å². The average Bonchev–Trinajstić information content (AvgIpc) is 2.55. The van der Waals surface area contributed by atoms with Gasteiger partial charge in [0.05, 0.1) is 0 Å². The van der Waals surface area contributed by atoms with Crippen LogP contribution in [0.1, 0.15) is 11.3 Å². The first-order valence-corrected chi connectivity index (χ1v) is 4.10. The molecule has 0 aliphatic heterocycles. The minimum atomic E-state index is 0.908. The van der Waals surface area contributed by atoms with E-state index >= 15 is 0 Å². The Kier molecular flexibility index (Phi) is 1.74. The predicted octanol–water partition coefficient (Wildman–Crippen LogP) is 2.81. The van der Waals surface area contributed by atoms with Gasteiger partial charge in [0.15, 0.2) is 0 Å². The van der Waals surface area contributed by atoms with Crippen LogP contribution >= 0.6 is 0 Å². The lowest BCUT2D eigenvalue weighted by atomic mass is 10.1. The first-order chi connectivity index (χ1) is 6.36. The molecule has 1 heterocycles. The molecule has 2 nitrogen and oxygen atoms in total. The molecule has 0 saturated heterocycles. The maximum absolute atomic E-state index is 7.29. The molecule has 2 N–H and O–H groups in total. The molecule has 2 aromatic rings. The Morgan fingerprint density at radius 3 is 2.77 bits per heavy atom. The lowest BCUT2D eigenvalue weighted by Crippen LogP contribution is -1.79. The Morgan fingerprint density at radius 1 is 1.31 bits per heavy atom. The van der Waals surface area contributed by atoms with Crippen LogP contribution in [0.2, 0.25) is 0 Å². The van der Waals surface area contributed by atoms with Crippen molar-refractivity contribution < 1.29 is 0 Å². The molecule has 2 heteroatoms. The van der Waals surface area contributed by atoms with Crippen LogP contribution in [-0.4, -0.2) is 11.2 Å². The van der Waals surface area contributed by atoms with Gasteiger partial charge in [0.1, 0.15) is 0 Å². The van der Waals surface area contributed by atoms with Gasteiger partial charge in [-0.25, -0.2) is 0 Å². The lowest BCUT2D eigenvalue weighted by molar-refractivity contribution is 1.42. The molecule has 0 atom stereocenters. The van der Waals surface area contributed by atoms with Crippen LogP contribution in [0, 0.1) is 5.41 Å². The first-order valence-electron chi connectivity index (χ1n) is 4.10. The number of aromatic nitrogens is 1. The van der Waals surface area contributed by atoms with Crippen LogP contribution in [0.5, 0.6) is 0 Å². The molecule has 0 unspecified atom stereocenters. The minimum absolute atomic E-state index is 0.908. The van der Waals surface area contributed by atoms with Crippen molar-refractivity contribution in [2.24, 2.45) is 0 Å². The molecule has 0 fully saturated rings. The van der Waals surface area contributed by atoms with Gasteiger partial charge in [-0.05, 0) is 12.1 Å². The van der Waals surface area contributed by atoms with E-state index in [2.05, 4.69) is 11.6 Å². The zero-order valence-corrected chi connectivity index (χ0v) is 7.17. The quantitative estimate of drug-likeness (QED) is 0.650. The van der Waals surface area contributed by atoms with E-state index in [1.807, 2.05) is 24.3 Å². The van der Waals surface area contributed by atoms with Crippen molar-refractivity contribution in [3.05, 3.63) is 42.1 Å². The van der Waals surface area contributed by atoms with Gasteiger partial charge in [-0.1, -0.05) is 24.8 Å². The van der Waals surface area contributed by atoms with Crippen LogP contribution < -0.4 is 0 Å². The van der Waals surface area contributed by atoms with Crippen LogP contribution in [0.3, 0.4) is 0 Å². The van der Waals surface area contributed by atoms with Crippen molar-refractivity contribution in [1.82, 2.24) is 4.98 Å². The number of aromatic amines is 1. The highest BCUT2D eigenvalue weighted by Crippen LogP contribution is 2.20. The zero-order chi connectivity index (χ0) is 9.26.